The van der Waals surface area contributed by atoms with Gasteiger partial charge in [-0.05, 0) is 56.6 Å². The molecule has 0 saturated carbocycles. The van der Waals surface area contributed by atoms with E-state index >= 15 is 0 Å². The molecule has 2 rings (SSSR count). The molecule has 1 aromatic rings. The molecular formula is C17H27FN2O2. The highest BCUT2D eigenvalue weighted by molar-refractivity contribution is 5.18. The maximum absolute atomic E-state index is 12.9. The van der Waals surface area contributed by atoms with E-state index in [9.17, 15) is 9.50 Å². The Bertz CT molecular complexity index is 433. The zero-order valence-electron chi connectivity index (χ0n) is 13.3. The first kappa shape index (κ1) is 17.3. The first-order valence-corrected chi connectivity index (χ1v) is 8.03. The Kier molecular flexibility index (Phi) is 6.76. The van der Waals surface area contributed by atoms with Gasteiger partial charge in [0.1, 0.15) is 5.82 Å². The van der Waals surface area contributed by atoms with Gasteiger partial charge in [0.2, 0.25) is 0 Å². The maximum atomic E-state index is 12.9. The van der Waals surface area contributed by atoms with Crippen LogP contribution in [0.3, 0.4) is 0 Å². The predicted molar refractivity (Wildman–Crippen MR) is 85.1 cm³/mol. The van der Waals surface area contributed by atoms with Crippen molar-refractivity contribution in [3.8, 4) is 0 Å². The van der Waals surface area contributed by atoms with Gasteiger partial charge in [0, 0.05) is 19.6 Å². The number of likely N-dealkylation sites (N-methyl/N-ethyl adjacent to an activating group) is 1. The lowest BCUT2D eigenvalue weighted by molar-refractivity contribution is 0.0968. The fourth-order valence-corrected chi connectivity index (χ4v) is 3.13. The van der Waals surface area contributed by atoms with Crippen LogP contribution in [-0.2, 0) is 0 Å². The summed E-state index contributed by atoms with van der Waals surface area (Å²) in [5.74, 6) is 0.360. The van der Waals surface area contributed by atoms with Crippen LogP contribution in [-0.4, -0.2) is 66.4 Å². The van der Waals surface area contributed by atoms with Crippen molar-refractivity contribution in [2.75, 3.05) is 46.4 Å². The topological polar surface area (TPSA) is 46.9 Å². The van der Waals surface area contributed by atoms with E-state index in [0.717, 1.165) is 44.6 Å². The van der Waals surface area contributed by atoms with Crippen molar-refractivity contribution in [1.82, 2.24) is 9.80 Å². The number of likely N-dealkylation sites (tertiary alicyclic amines) is 1. The van der Waals surface area contributed by atoms with Crippen LogP contribution in [0.15, 0.2) is 24.3 Å². The summed E-state index contributed by atoms with van der Waals surface area (Å²) in [6.07, 6.45) is 1.69. The van der Waals surface area contributed by atoms with Crippen LogP contribution in [0.25, 0.3) is 0 Å². The average Bonchev–Trinajstić information content (AvgIpc) is 2.50. The van der Waals surface area contributed by atoms with Crippen molar-refractivity contribution >= 4 is 0 Å². The SMILES string of the molecule is CN(CC1CCN(CCO)CC1)C[C@H](O)c1ccc(F)cc1. The molecule has 0 bridgehead atoms. The Hall–Kier alpha value is -1.01. The normalized spacial score (nSPS) is 18.8. The minimum Gasteiger partial charge on any atom is -0.395 e. The zero-order chi connectivity index (χ0) is 15.9. The number of aliphatic hydroxyl groups is 2. The largest absolute Gasteiger partial charge is 0.395 e. The number of hydrogen-bond donors (Lipinski definition) is 2. The van der Waals surface area contributed by atoms with Crippen LogP contribution >= 0.6 is 0 Å². The standard InChI is InChI=1S/C17H27FN2O2/c1-19(12-14-6-8-20(9-7-14)10-11-21)13-17(22)15-2-4-16(18)5-3-15/h2-5,14,17,21-22H,6-13H2,1H3/t17-/m0/s1. The molecular weight excluding hydrogens is 283 g/mol. The van der Waals surface area contributed by atoms with Gasteiger partial charge in [0.15, 0.2) is 0 Å². The molecule has 0 spiro atoms. The van der Waals surface area contributed by atoms with Crippen LogP contribution in [0.4, 0.5) is 4.39 Å². The highest BCUT2D eigenvalue weighted by atomic mass is 19.1. The van der Waals surface area contributed by atoms with Gasteiger partial charge >= 0.3 is 0 Å². The molecule has 22 heavy (non-hydrogen) atoms. The van der Waals surface area contributed by atoms with Crippen molar-refractivity contribution in [3.63, 3.8) is 0 Å². The lowest BCUT2D eigenvalue weighted by atomic mass is 9.96. The number of aliphatic hydroxyl groups excluding tert-OH is 2. The second kappa shape index (κ2) is 8.58. The van der Waals surface area contributed by atoms with Gasteiger partial charge in [0.05, 0.1) is 12.7 Å². The van der Waals surface area contributed by atoms with Crippen LogP contribution in [0.1, 0.15) is 24.5 Å². The fourth-order valence-electron chi connectivity index (χ4n) is 3.13. The fraction of sp³-hybridized carbons (Fsp3) is 0.647. The van der Waals surface area contributed by atoms with Crippen LogP contribution in [0, 0.1) is 11.7 Å². The second-order valence-electron chi connectivity index (χ2n) is 6.30. The van der Waals surface area contributed by atoms with Crippen molar-refractivity contribution in [1.29, 1.82) is 0 Å². The molecule has 0 radical (unpaired) electrons. The number of β-amino-alcohol motifs (C(OH)–C–C–N with tert-alkyl or cyclic N) is 1. The first-order valence-electron chi connectivity index (χ1n) is 8.03. The molecule has 5 heteroatoms. The minimum atomic E-state index is -0.583. The molecule has 1 saturated heterocycles. The number of nitrogens with zero attached hydrogens (tertiary/aromatic N) is 2. The lowest BCUT2D eigenvalue weighted by Gasteiger charge is -2.34. The zero-order valence-corrected chi connectivity index (χ0v) is 13.3. The van der Waals surface area contributed by atoms with E-state index in [1.54, 1.807) is 12.1 Å². The molecule has 4 nitrogen and oxygen atoms in total. The van der Waals surface area contributed by atoms with E-state index in [1.165, 1.54) is 12.1 Å². The smallest absolute Gasteiger partial charge is 0.123 e. The number of piperidine rings is 1. The molecule has 1 heterocycles. The monoisotopic (exact) mass is 310 g/mol. The van der Waals surface area contributed by atoms with Crippen molar-refractivity contribution in [2.45, 2.75) is 18.9 Å². The molecule has 1 aliphatic heterocycles. The minimum absolute atomic E-state index is 0.231. The van der Waals surface area contributed by atoms with E-state index in [-0.39, 0.29) is 12.4 Å². The van der Waals surface area contributed by atoms with Gasteiger partial charge in [-0.3, -0.25) is 0 Å². The number of hydrogen-bond acceptors (Lipinski definition) is 4. The maximum Gasteiger partial charge on any atom is 0.123 e. The van der Waals surface area contributed by atoms with Crippen LogP contribution in [0.2, 0.25) is 0 Å². The summed E-state index contributed by atoms with van der Waals surface area (Å²) in [4.78, 5) is 4.45. The van der Waals surface area contributed by atoms with Gasteiger partial charge < -0.3 is 20.0 Å². The summed E-state index contributed by atoms with van der Waals surface area (Å²) < 4.78 is 12.9. The molecule has 0 amide bonds. The highest BCUT2D eigenvalue weighted by Gasteiger charge is 2.21. The number of halogens is 1. The lowest BCUT2D eigenvalue weighted by Crippen LogP contribution is -2.39. The highest BCUT2D eigenvalue weighted by Crippen LogP contribution is 2.20. The van der Waals surface area contributed by atoms with E-state index in [0.29, 0.717) is 12.5 Å². The quantitative estimate of drug-likeness (QED) is 0.801. The Morgan fingerprint density at radius 1 is 1.27 bits per heavy atom. The van der Waals surface area contributed by atoms with E-state index < -0.39 is 6.10 Å². The third kappa shape index (κ3) is 5.32. The molecule has 0 aliphatic carbocycles. The molecule has 0 unspecified atom stereocenters. The van der Waals surface area contributed by atoms with Gasteiger partial charge in [-0.25, -0.2) is 4.39 Å². The number of rotatable bonds is 7. The molecule has 1 fully saturated rings. The van der Waals surface area contributed by atoms with E-state index in [2.05, 4.69) is 9.80 Å². The van der Waals surface area contributed by atoms with Crippen LogP contribution in [0.5, 0.6) is 0 Å². The van der Waals surface area contributed by atoms with E-state index in [4.69, 9.17) is 5.11 Å². The van der Waals surface area contributed by atoms with Gasteiger partial charge in [-0.1, -0.05) is 12.1 Å². The molecule has 1 aliphatic rings. The van der Waals surface area contributed by atoms with Crippen molar-refractivity contribution in [3.05, 3.63) is 35.6 Å². The predicted octanol–water partition coefficient (Wildman–Crippen LogP) is 1.50. The molecule has 2 N–H and O–H groups in total. The van der Waals surface area contributed by atoms with E-state index in [1.807, 2.05) is 7.05 Å². The Morgan fingerprint density at radius 3 is 2.50 bits per heavy atom. The summed E-state index contributed by atoms with van der Waals surface area (Å²) in [6.45, 7) is 4.60. The second-order valence-corrected chi connectivity index (χ2v) is 6.30. The number of benzene rings is 1. The van der Waals surface area contributed by atoms with Gasteiger partial charge in [-0.2, -0.15) is 0 Å². The third-order valence-corrected chi connectivity index (χ3v) is 4.43. The molecule has 124 valence electrons. The summed E-state index contributed by atoms with van der Waals surface area (Å²) in [7, 11) is 2.02. The Morgan fingerprint density at radius 2 is 1.91 bits per heavy atom. The van der Waals surface area contributed by atoms with Crippen molar-refractivity contribution in [2.24, 2.45) is 5.92 Å². The first-order chi connectivity index (χ1) is 10.6. The molecule has 1 atom stereocenters. The summed E-state index contributed by atoms with van der Waals surface area (Å²) in [5, 5.41) is 19.2. The summed E-state index contributed by atoms with van der Waals surface area (Å²) in [5.41, 5.74) is 0.756. The average molecular weight is 310 g/mol. The third-order valence-electron chi connectivity index (χ3n) is 4.43. The molecule has 1 aromatic carbocycles. The Labute approximate surface area is 132 Å². The summed E-state index contributed by atoms with van der Waals surface area (Å²) in [6, 6.07) is 6.05. The van der Waals surface area contributed by atoms with Crippen molar-refractivity contribution < 1.29 is 14.6 Å². The van der Waals surface area contributed by atoms with Crippen LogP contribution < -0.4 is 0 Å². The Balaban J connectivity index is 1.73. The summed E-state index contributed by atoms with van der Waals surface area (Å²) >= 11 is 0. The van der Waals surface area contributed by atoms with Gasteiger partial charge in [0.25, 0.3) is 0 Å². The molecule has 0 aromatic heterocycles. The van der Waals surface area contributed by atoms with Gasteiger partial charge in [-0.15, -0.1) is 0 Å².